The summed E-state index contributed by atoms with van der Waals surface area (Å²) in [6.45, 7) is 4.78. The molecule has 0 bridgehead atoms. The Morgan fingerprint density at radius 3 is 2.62 bits per heavy atom. The first-order valence-corrected chi connectivity index (χ1v) is 3.56. The fourth-order valence-corrected chi connectivity index (χ4v) is 0.389. The zero-order valence-corrected chi connectivity index (χ0v) is 6.86. The first-order valence-electron chi connectivity index (χ1n) is 2.77. The molecule has 0 saturated heterocycles. The summed E-state index contributed by atoms with van der Waals surface area (Å²) in [5.74, 6) is 0. The fraction of sp³-hybridized carbons (Fsp3) is 0.667. The first-order chi connectivity index (χ1) is 3.81. The van der Waals surface area contributed by atoms with E-state index < -0.39 is 0 Å². The molecule has 0 aliphatic heterocycles. The van der Waals surface area contributed by atoms with E-state index >= 15 is 0 Å². The van der Waals surface area contributed by atoms with Gasteiger partial charge in [0.1, 0.15) is 0 Å². The molecule has 0 aromatic rings. The van der Waals surface area contributed by atoms with Crippen LogP contribution in [0.25, 0.3) is 0 Å². The van der Waals surface area contributed by atoms with E-state index in [2.05, 4.69) is 22.9 Å². The van der Waals surface area contributed by atoms with Gasteiger partial charge in [-0.15, -0.1) is 0 Å². The third-order valence-corrected chi connectivity index (χ3v) is 1.46. The van der Waals surface area contributed by atoms with Gasteiger partial charge in [0.25, 0.3) is 0 Å². The lowest BCUT2D eigenvalue weighted by atomic mass is 10.5. The molecule has 8 heavy (non-hydrogen) atoms. The molecule has 0 aromatic carbocycles. The Morgan fingerprint density at radius 1 is 1.62 bits per heavy atom. The summed E-state index contributed by atoms with van der Waals surface area (Å²) >= 11 is 3.31. The third kappa shape index (κ3) is 4.19. The second-order valence-electron chi connectivity index (χ2n) is 1.37. The monoisotopic (exact) mass is 178 g/mol. The van der Waals surface area contributed by atoms with Crippen molar-refractivity contribution in [2.24, 2.45) is 0 Å². The lowest BCUT2D eigenvalue weighted by Gasteiger charge is -1.93. The number of hydrogen-bond acceptors (Lipinski definition) is 1. The van der Waals surface area contributed by atoms with Crippen molar-refractivity contribution in [1.82, 2.24) is 0 Å². The molecule has 0 saturated carbocycles. The molecular weight excluding hydrogens is 168 g/mol. The van der Waals surface area contributed by atoms with Gasteiger partial charge >= 0.3 is 0 Å². The quantitative estimate of drug-likeness (QED) is 0.605. The molecule has 0 rings (SSSR count). The van der Waals surface area contributed by atoms with Crippen LogP contribution in [0, 0.1) is 0 Å². The summed E-state index contributed by atoms with van der Waals surface area (Å²) < 4.78 is 6.09. The molecule has 0 unspecified atom stereocenters. The fourth-order valence-electron chi connectivity index (χ4n) is 0.257. The SMILES string of the molecule is CCOC=C(Br)CC. The zero-order valence-electron chi connectivity index (χ0n) is 5.28. The van der Waals surface area contributed by atoms with E-state index in [1.807, 2.05) is 6.92 Å². The van der Waals surface area contributed by atoms with E-state index in [9.17, 15) is 0 Å². The van der Waals surface area contributed by atoms with Crippen LogP contribution in [0.2, 0.25) is 0 Å². The Hall–Kier alpha value is 0.0200. The predicted molar refractivity (Wildman–Crippen MR) is 38.9 cm³/mol. The van der Waals surface area contributed by atoms with E-state index in [0.29, 0.717) is 0 Å². The van der Waals surface area contributed by atoms with E-state index in [1.165, 1.54) is 0 Å². The van der Waals surface area contributed by atoms with Gasteiger partial charge in [-0.1, -0.05) is 22.9 Å². The summed E-state index contributed by atoms with van der Waals surface area (Å²) in [7, 11) is 0. The zero-order chi connectivity index (χ0) is 6.41. The van der Waals surface area contributed by atoms with Gasteiger partial charge in [0, 0.05) is 4.48 Å². The number of rotatable bonds is 3. The van der Waals surface area contributed by atoms with Crippen LogP contribution in [0.4, 0.5) is 0 Å². The van der Waals surface area contributed by atoms with Crippen LogP contribution in [-0.2, 0) is 4.74 Å². The number of ether oxygens (including phenoxy) is 1. The molecule has 0 N–H and O–H groups in total. The summed E-state index contributed by atoms with van der Waals surface area (Å²) in [5.41, 5.74) is 0. The van der Waals surface area contributed by atoms with Gasteiger partial charge in [-0.2, -0.15) is 0 Å². The maximum absolute atomic E-state index is 4.98. The van der Waals surface area contributed by atoms with Gasteiger partial charge in [0.05, 0.1) is 12.9 Å². The van der Waals surface area contributed by atoms with Gasteiger partial charge in [-0.25, -0.2) is 0 Å². The molecule has 2 heteroatoms. The van der Waals surface area contributed by atoms with E-state index in [0.717, 1.165) is 17.5 Å². The van der Waals surface area contributed by atoms with Crippen molar-refractivity contribution < 1.29 is 4.74 Å². The molecule has 0 atom stereocenters. The average molecular weight is 179 g/mol. The van der Waals surface area contributed by atoms with Gasteiger partial charge < -0.3 is 4.74 Å². The minimum Gasteiger partial charge on any atom is -0.501 e. The summed E-state index contributed by atoms with van der Waals surface area (Å²) in [4.78, 5) is 0. The number of hydrogen-bond donors (Lipinski definition) is 0. The molecule has 0 aliphatic carbocycles. The largest absolute Gasteiger partial charge is 0.501 e. The Labute approximate surface area is 58.9 Å². The van der Waals surface area contributed by atoms with Crippen LogP contribution in [-0.4, -0.2) is 6.61 Å². The lowest BCUT2D eigenvalue weighted by molar-refractivity contribution is 0.267. The van der Waals surface area contributed by atoms with Crippen LogP contribution >= 0.6 is 15.9 Å². The Morgan fingerprint density at radius 2 is 2.25 bits per heavy atom. The minimum atomic E-state index is 0.745. The van der Waals surface area contributed by atoms with Crippen molar-refractivity contribution in [1.29, 1.82) is 0 Å². The maximum atomic E-state index is 4.98. The van der Waals surface area contributed by atoms with Crippen molar-refractivity contribution in [3.63, 3.8) is 0 Å². The highest BCUT2D eigenvalue weighted by Gasteiger charge is 1.82. The first kappa shape index (κ1) is 8.02. The summed E-state index contributed by atoms with van der Waals surface area (Å²) in [6, 6.07) is 0. The molecule has 0 aromatic heterocycles. The second kappa shape index (κ2) is 5.16. The van der Waals surface area contributed by atoms with Crippen LogP contribution < -0.4 is 0 Å². The van der Waals surface area contributed by atoms with E-state index in [4.69, 9.17) is 4.74 Å². The van der Waals surface area contributed by atoms with Crippen LogP contribution in [0.15, 0.2) is 10.7 Å². The lowest BCUT2D eigenvalue weighted by Crippen LogP contribution is -1.77. The van der Waals surface area contributed by atoms with Gasteiger partial charge in [-0.3, -0.25) is 0 Å². The average Bonchev–Trinajstić information content (AvgIpc) is 1.83. The highest BCUT2D eigenvalue weighted by molar-refractivity contribution is 9.11. The molecule has 0 aliphatic rings. The third-order valence-electron chi connectivity index (χ3n) is 0.716. The van der Waals surface area contributed by atoms with Crippen molar-refractivity contribution in [3.8, 4) is 0 Å². The minimum absolute atomic E-state index is 0.745. The topological polar surface area (TPSA) is 9.23 Å². The van der Waals surface area contributed by atoms with E-state index in [-0.39, 0.29) is 0 Å². The van der Waals surface area contributed by atoms with Gasteiger partial charge in [0.2, 0.25) is 0 Å². The normalized spacial score (nSPS) is 11.6. The molecule has 48 valence electrons. The van der Waals surface area contributed by atoms with Crippen molar-refractivity contribution >= 4 is 15.9 Å². The van der Waals surface area contributed by atoms with Crippen LogP contribution in [0.1, 0.15) is 20.3 Å². The maximum Gasteiger partial charge on any atom is 0.0929 e. The molecule has 0 heterocycles. The molecule has 1 nitrogen and oxygen atoms in total. The smallest absolute Gasteiger partial charge is 0.0929 e. The summed E-state index contributed by atoms with van der Waals surface area (Å²) in [5, 5.41) is 0. The van der Waals surface area contributed by atoms with Gasteiger partial charge in [0.15, 0.2) is 0 Å². The Balaban J connectivity index is 3.26. The number of allylic oxidation sites excluding steroid dienone is 1. The molecule has 0 radical (unpaired) electrons. The Bertz CT molecular complexity index is 78.6. The second-order valence-corrected chi connectivity index (χ2v) is 2.39. The Kier molecular flexibility index (Phi) is 5.18. The van der Waals surface area contributed by atoms with Crippen LogP contribution in [0.5, 0.6) is 0 Å². The predicted octanol–water partition coefficient (Wildman–Crippen LogP) is 2.67. The van der Waals surface area contributed by atoms with Crippen LogP contribution in [0.3, 0.4) is 0 Å². The van der Waals surface area contributed by atoms with Gasteiger partial charge in [-0.05, 0) is 13.3 Å². The summed E-state index contributed by atoms with van der Waals surface area (Å²) in [6.07, 6.45) is 2.74. The highest BCUT2D eigenvalue weighted by Crippen LogP contribution is 2.07. The van der Waals surface area contributed by atoms with Crippen molar-refractivity contribution in [2.45, 2.75) is 20.3 Å². The van der Waals surface area contributed by atoms with E-state index in [1.54, 1.807) is 6.26 Å². The molecule has 0 fully saturated rings. The molecule has 0 spiro atoms. The highest BCUT2D eigenvalue weighted by atomic mass is 79.9. The molecular formula is C6H11BrO. The molecule has 0 amide bonds. The van der Waals surface area contributed by atoms with Crippen molar-refractivity contribution in [2.75, 3.05) is 6.61 Å². The number of halogens is 1. The van der Waals surface area contributed by atoms with Crippen molar-refractivity contribution in [3.05, 3.63) is 10.7 Å². The standard InChI is InChI=1S/C6H11BrO/c1-3-6(7)5-8-4-2/h5H,3-4H2,1-2H3.